The van der Waals surface area contributed by atoms with Gasteiger partial charge in [-0.2, -0.15) is 0 Å². The topological polar surface area (TPSA) is 79.7 Å². The zero-order valence-electron chi connectivity index (χ0n) is 17.5. The van der Waals surface area contributed by atoms with Crippen LogP contribution >= 0.6 is 11.8 Å². The number of aromatic nitrogens is 2. The zero-order chi connectivity index (χ0) is 21.8. The van der Waals surface area contributed by atoms with Crippen LogP contribution in [0.3, 0.4) is 0 Å². The molecule has 0 saturated carbocycles. The molecule has 0 radical (unpaired) electrons. The van der Waals surface area contributed by atoms with Gasteiger partial charge in [-0.1, -0.05) is 23.9 Å². The van der Waals surface area contributed by atoms with Gasteiger partial charge in [0.05, 0.1) is 49.1 Å². The van der Waals surface area contributed by atoms with Gasteiger partial charge in [-0.15, -0.1) is 0 Å². The summed E-state index contributed by atoms with van der Waals surface area (Å²) in [4.78, 5) is 30.8. The summed E-state index contributed by atoms with van der Waals surface area (Å²) >= 11 is 1.25. The molecule has 1 aliphatic rings. The van der Waals surface area contributed by atoms with E-state index in [0.29, 0.717) is 46.3 Å². The van der Waals surface area contributed by atoms with Crippen molar-refractivity contribution in [2.75, 3.05) is 26.6 Å². The highest BCUT2D eigenvalue weighted by Crippen LogP contribution is 2.27. The van der Waals surface area contributed by atoms with Crippen LogP contribution in [0.5, 0.6) is 11.5 Å². The minimum Gasteiger partial charge on any atom is -0.497 e. The Morgan fingerprint density at radius 3 is 2.81 bits per heavy atom. The van der Waals surface area contributed by atoms with Crippen LogP contribution in [0.1, 0.15) is 23.2 Å². The molecule has 2 heterocycles. The third-order valence-corrected chi connectivity index (χ3v) is 6.25. The van der Waals surface area contributed by atoms with E-state index in [1.165, 1.54) is 18.9 Å². The Hall–Kier alpha value is -2.84. The second-order valence-corrected chi connectivity index (χ2v) is 8.18. The van der Waals surface area contributed by atoms with Crippen LogP contribution in [0.4, 0.5) is 0 Å². The minimum atomic E-state index is -0.133. The smallest absolute Gasteiger partial charge is 0.262 e. The highest BCUT2D eigenvalue weighted by molar-refractivity contribution is 7.99. The first-order valence-corrected chi connectivity index (χ1v) is 11.1. The number of nitrogens with zero attached hydrogens (tertiary/aromatic N) is 2. The predicted molar refractivity (Wildman–Crippen MR) is 120 cm³/mol. The number of carbonyl (C=O) groups excluding carboxylic acids is 1. The lowest BCUT2D eigenvalue weighted by atomic mass is 10.1. The number of methoxy groups -OCH3 is 2. The van der Waals surface area contributed by atoms with Gasteiger partial charge in [0.25, 0.3) is 5.56 Å². The number of thioether (sulfide) groups is 1. The zero-order valence-corrected chi connectivity index (χ0v) is 18.3. The lowest BCUT2D eigenvalue weighted by Gasteiger charge is -2.16. The van der Waals surface area contributed by atoms with E-state index in [1.807, 2.05) is 18.2 Å². The molecule has 7 nitrogen and oxygen atoms in total. The summed E-state index contributed by atoms with van der Waals surface area (Å²) < 4.78 is 17.9. The molecule has 0 bridgehead atoms. The number of hydrogen-bond donors (Lipinski definition) is 0. The van der Waals surface area contributed by atoms with E-state index in [0.717, 1.165) is 12.8 Å². The van der Waals surface area contributed by atoms with Crippen LogP contribution in [0.2, 0.25) is 0 Å². The van der Waals surface area contributed by atoms with E-state index in [1.54, 1.807) is 35.9 Å². The van der Waals surface area contributed by atoms with Crippen molar-refractivity contribution in [3.8, 4) is 11.5 Å². The molecular formula is C23H24N2O5S. The van der Waals surface area contributed by atoms with Crippen molar-refractivity contribution < 1.29 is 19.0 Å². The average Bonchev–Trinajstić information content (AvgIpc) is 3.32. The van der Waals surface area contributed by atoms with Crippen LogP contribution in [-0.4, -0.2) is 48.0 Å². The molecule has 4 rings (SSSR count). The van der Waals surface area contributed by atoms with Crippen molar-refractivity contribution in [2.45, 2.75) is 30.6 Å². The normalized spacial score (nSPS) is 15.9. The third kappa shape index (κ3) is 4.60. The highest BCUT2D eigenvalue weighted by Gasteiger charge is 2.21. The average molecular weight is 441 g/mol. The van der Waals surface area contributed by atoms with Crippen molar-refractivity contribution >= 4 is 28.4 Å². The van der Waals surface area contributed by atoms with Crippen LogP contribution < -0.4 is 15.0 Å². The summed E-state index contributed by atoms with van der Waals surface area (Å²) in [7, 11) is 3.07. The lowest BCUT2D eigenvalue weighted by Crippen LogP contribution is -2.29. The number of para-hydroxylation sites is 1. The largest absolute Gasteiger partial charge is 0.497 e. The highest BCUT2D eigenvalue weighted by atomic mass is 32.2. The number of carbonyl (C=O) groups is 1. The van der Waals surface area contributed by atoms with Crippen LogP contribution in [0.15, 0.2) is 52.4 Å². The molecule has 8 heteroatoms. The molecule has 31 heavy (non-hydrogen) atoms. The van der Waals surface area contributed by atoms with E-state index < -0.39 is 0 Å². The molecule has 0 aliphatic carbocycles. The summed E-state index contributed by atoms with van der Waals surface area (Å²) in [6.45, 7) is 1.13. The number of ketones is 1. The van der Waals surface area contributed by atoms with Crippen LogP contribution in [0.25, 0.3) is 10.9 Å². The molecule has 0 amide bonds. The van der Waals surface area contributed by atoms with Gasteiger partial charge in [-0.3, -0.25) is 14.2 Å². The Labute approximate surface area is 184 Å². The van der Waals surface area contributed by atoms with Crippen molar-refractivity contribution in [1.82, 2.24) is 9.55 Å². The van der Waals surface area contributed by atoms with E-state index in [4.69, 9.17) is 14.2 Å². The predicted octanol–water partition coefficient (Wildman–Crippen LogP) is 3.57. The van der Waals surface area contributed by atoms with Crippen LogP contribution in [-0.2, 0) is 11.3 Å². The van der Waals surface area contributed by atoms with E-state index in [9.17, 15) is 9.59 Å². The third-order valence-electron chi connectivity index (χ3n) is 5.28. The summed E-state index contributed by atoms with van der Waals surface area (Å²) in [6, 6.07) is 12.4. The molecule has 1 saturated heterocycles. The van der Waals surface area contributed by atoms with Crippen molar-refractivity contribution in [3.63, 3.8) is 0 Å². The number of rotatable bonds is 8. The first kappa shape index (κ1) is 21.4. The number of hydrogen-bond acceptors (Lipinski definition) is 7. The first-order valence-electron chi connectivity index (χ1n) is 10.1. The second kappa shape index (κ2) is 9.53. The molecule has 1 aliphatic heterocycles. The molecule has 162 valence electrons. The minimum absolute atomic E-state index is 0.0193. The monoisotopic (exact) mass is 440 g/mol. The molecule has 0 spiro atoms. The van der Waals surface area contributed by atoms with E-state index >= 15 is 0 Å². The van der Waals surface area contributed by atoms with Crippen molar-refractivity contribution in [3.05, 3.63) is 58.4 Å². The second-order valence-electron chi connectivity index (χ2n) is 7.24. The molecule has 0 N–H and O–H groups in total. The Morgan fingerprint density at radius 1 is 1.23 bits per heavy atom. The molecule has 1 aromatic heterocycles. The maximum atomic E-state index is 13.2. The molecule has 1 fully saturated rings. The Morgan fingerprint density at radius 2 is 2.06 bits per heavy atom. The summed E-state index contributed by atoms with van der Waals surface area (Å²) in [5, 5.41) is 1.07. The molecule has 2 aromatic carbocycles. The van der Waals surface area contributed by atoms with Gasteiger partial charge in [0, 0.05) is 6.61 Å². The van der Waals surface area contributed by atoms with Gasteiger partial charge in [0.15, 0.2) is 10.9 Å². The maximum absolute atomic E-state index is 13.2. The molecule has 1 unspecified atom stereocenters. The number of ether oxygens (including phenoxy) is 3. The summed E-state index contributed by atoms with van der Waals surface area (Å²) in [5.41, 5.74) is 0.933. The van der Waals surface area contributed by atoms with Crippen molar-refractivity contribution in [2.24, 2.45) is 0 Å². The SMILES string of the molecule is COc1ccc(OC)c(C(=O)CSc2nc3ccccc3c(=O)n2CC2CCCO2)c1. The van der Waals surface area contributed by atoms with E-state index in [2.05, 4.69) is 4.98 Å². The fourth-order valence-corrected chi connectivity index (χ4v) is 4.54. The first-order chi connectivity index (χ1) is 15.1. The van der Waals surface area contributed by atoms with Gasteiger partial charge in [0.2, 0.25) is 0 Å². The Bertz CT molecular complexity index is 1150. The number of benzene rings is 2. The molecule has 1 atom stereocenters. The molecule has 3 aromatic rings. The summed E-state index contributed by atoms with van der Waals surface area (Å²) in [6.07, 6.45) is 1.87. The van der Waals surface area contributed by atoms with Gasteiger partial charge in [-0.25, -0.2) is 4.98 Å². The van der Waals surface area contributed by atoms with Crippen molar-refractivity contribution in [1.29, 1.82) is 0 Å². The fourth-order valence-electron chi connectivity index (χ4n) is 3.65. The summed E-state index contributed by atoms with van der Waals surface area (Å²) in [5.74, 6) is 1.04. The quantitative estimate of drug-likeness (QED) is 0.301. The lowest BCUT2D eigenvalue weighted by molar-refractivity contribution is 0.0937. The van der Waals surface area contributed by atoms with E-state index in [-0.39, 0.29) is 23.2 Å². The molecular weight excluding hydrogens is 416 g/mol. The Kier molecular flexibility index (Phi) is 6.58. The van der Waals surface area contributed by atoms with Gasteiger partial charge < -0.3 is 14.2 Å². The van der Waals surface area contributed by atoms with Gasteiger partial charge in [0.1, 0.15) is 11.5 Å². The fraction of sp³-hybridized carbons (Fsp3) is 0.348. The standard InChI is InChI=1S/C23H24N2O5S/c1-28-15-9-10-21(29-2)18(12-15)20(26)14-31-23-24-19-8-4-3-7-17(19)22(27)25(23)13-16-6-5-11-30-16/h3-4,7-10,12,16H,5-6,11,13-14H2,1-2H3. The number of Topliss-reactive ketones (excluding diaryl/α,β-unsaturated/α-hetero) is 1. The van der Waals surface area contributed by atoms with Gasteiger partial charge >= 0.3 is 0 Å². The van der Waals surface area contributed by atoms with Crippen LogP contribution in [0, 0.1) is 0 Å². The number of fused-ring (bicyclic) bond motifs is 1. The van der Waals surface area contributed by atoms with Gasteiger partial charge in [-0.05, 0) is 43.2 Å². The maximum Gasteiger partial charge on any atom is 0.262 e. The Balaban J connectivity index is 1.64.